The molecule has 1 aliphatic rings. The molecule has 0 spiro atoms. The third kappa shape index (κ3) is 8.22. The summed E-state index contributed by atoms with van der Waals surface area (Å²) in [5, 5.41) is 0. The fourth-order valence-electron chi connectivity index (χ4n) is 4.48. The summed E-state index contributed by atoms with van der Waals surface area (Å²) >= 11 is 0. The summed E-state index contributed by atoms with van der Waals surface area (Å²) in [6.07, 6.45) is 11.6. The van der Waals surface area contributed by atoms with Crippen LogP contribution in [0.5, 0.6) is 11.5 Å². The van der Waals surface area contributed by atoms with Crippen molar-refractivity contribution in [2.45, 2.75) is 77.7 Å². The first-order valence-electron chi connectivity index (χ1n) is 12.5. The molecule has 0 bridgehead atoms. The maximum atomic E-state index is 6.09. The molecule has 0 heterocycles. The lowest BCUT2D eigenvalue weighted by molar-refractivity contribution is 0.117. The van der Waals surface area contributed by atoms with E-state index in [1.54, 1.807) is 0 Å². The molecular weight excluding hydrogens is 382 g/mol. The average molecular weight is 424 g/mol. The van der Waals surface area contributed by atoms with Crippen molar-refractivity contribution in [2.24, 2.45) is 0 Å². The Bertz CT molecular complexity index is 664. The lowest BCUT2D eigenvalue weighted by Crippen LogP contribution is -2.41. The molecule has 0 atom stereocenters. The van der Waals surface area contributed by atoms with Crippen LogP contribution in [-0.4, -0.2) is 37.2 Å². The highest BCUT2D eigenvalue weighted by Crippen LogP contribution is 2.22. The highest BCUT2D eigenvalue weighted by Gasteiger charge is 2.19. The predicted octanol–water partition coefficient (Wildman–Crippen LogP) is 6.68. The fraction of sp³-hybridized carbons (Fsp3) is 0.571. The molecule has 0 N–H and O–H groups in total. The smallest absolute Gasteiger partial charge is 0.119 e. The molecule has 0 aromatic heterocycles. The minimum Gasteiger partial charge on any atom is -0.492 e. The van der Waals surface area contributed by atoms with Gasteiger partial charge in [0, 0.05) is 19.1 Å². The molecular formula is C28H41NO2. The third-order valence-corrected chi connectivity index (χ3v) is 6.55. The largest absolute Gasteiger partial charge is 0.492 e. The zero-order valence-corrected chi connectivity index (χ0v) is 19.7. The molecule has 2 aromatic carbocycles. The van der Waals surface area contributed by atoms with Crippen molar-refractivity contribution in [3.05, 3.63) is 59.7 Å². The molecule has 1 aliphatic carbocycles. The van der Waals surface area contributed by atoms with E-state index in [1.165, 1.54) is 56.1 Å². The molecule has 0 amide bonds. The molecule has 3 heteroatoms. The summed E-state index contributed by atoms with van der Waals surface area (Å²) in [4.78, 5) is 2.62. The Morgan fingerprint density at radius 3 is 1.48 bits per heavy atom. The summed E-state index contributed by atoms with van der Waals surface area (Å²) in [5.41, 5.74) is 2.71. The van der Waals surface area contributed by atoms with Crippen molar-refractivity contribution in [3.8, 4) is 11.5 Å². The summed E-state index contributed by atoms with van der Waals surface area (Å²) in [6, 6.07) is 17.7. The van der Waals surface area contributed by atoms with E-state index in [0.717, 1.165) is 50.6 Å². The molecule has 0 saturated heterocycles. The Morgan fingerprint density at radius 1 is 0.645 bits per heavy atom. The van der Waals surface area contributed by atoms with Gasteiger partial charge in [0.1, 0.15) is 24.7 Å². The van der Waals surface area contributed by atoms with Crippen molar-refractivity contribution in [3.63, 3.8) is 0 Å². The van der Waals surface area contributed by atoms with E-state index in [4.69, 9.17) is 9.47 Å². The highest BCUT2D eigenvalue weighted by atomic mass is 16.5. The molecule has 3 rings (SSSR count). The fourth-order valence-corrected chi connectivity index (χ4v) is 4.48. The van der Waals surface area contributed by atoms with E-state index in [1.807, 2.05) is 0 Å². The van der Waals surface area contributed by atoms with Crippen molar-refractivity contribution >= 4 is 0 Å². The normalized spacial score (nSPS) is 15.5. The number of benzene rings is 2. The van der Waals surface area contributed by atoms with E-state index < -0.39 is 0 Å². The van der Waals surface area contributed by atoms with E-state index in [9.17, 15) is 0 Å². The van der Waals surface area contributed by atoms with Gasteiger partial charge in [-0.15, -0.1) is 0 Å². The number of hydrogen-bond donors (Lipinski definition) is 0. The molecule has 0 aliphatic heterocycles. The molecule has 2 aromatic rings. The first-order valence-corrected chi connectivity index (χ1v) is 12.5. The Hall–Kier alpha value is -2.00. The summed E-state index contributed by atoms with van der Waals surface area (Å²) in [6.45, 7) is 7.74. The maximum Gasteiger partial charge on any atom is 0.119 e. The van der Waals surface area contributed by atoms with Crippen molar-refractivity contribution in [1.29, 1.82) is 0 Å². The van der Waals surface area contributed by atoms with Gasteiger partial charge in [0.25, 0.3) is 0 Å². The monoisotopic (exact) mass is 423 g/mol. The third-order valence-electron chi connectivity index (χ3n) is 6.55. The van der Waals surface area contributed by atoms with E-state index in [-0.39, 0.29) is 0 Å². The van der Waals surface area contributed by atoms with Crippen LogP contribution in [0.25, 0.3) is 0 Å². The van der Waals surface area contributed by atoms with Gasteiger partial charge in [-0.2, -0.15) is 0 Å². The lowest BCUT2D eigenvalue weighted by atomic mass is 9.95. The average Bonchev–Trinajstić information content (AvgIpc) is 2.79. The number of aryl methyl sites for hydroxylation is 2. The predicted molar refractivity (Wildman–Crippen MR) is 130 cm³/mol. The topological polar surface area (TPSA) is 21.7 Å². The van der Waals surface area contributed by atoms with Crippen molar-refractivity contribution in [2.75, 3.05) is 26.3 Å². The summed E-state index contributed by atoms with van der Waals surface area (Å²) in [5.74, 6) is 1.95. The van der Waals surface area contributed by atoms with Crippen LogP contribution in [0.15, 0.2) is 48.5 Å². The van der Waals surface area contributed by atoms with Crippen molar-refractivity contribution in [1.82, 2.24) is 4.90 Å². The highest BCUT2D eigenvalue weighted by molar-refractivity contribution is 5.27. The van der Waals surface area contributed by atoms with Crippen LogP contribution in [0.4, 0.5) is 0 Å². The van der Waals surface area contributed by atoms with Gasteiger partial charge in [-0.1, -0.05) is 70.2 Å². The van der Waals surface area contributed by atoms with Crippen LogP contribution in [-0.2, 0) is 12.8 Å². The minimum absolute atomic E-state index is 0.650. The molecule has 0 radical (unpaired) electrons. The van der Waals surface area contributed by atoms with Crippen LogP contribution in [0, 0.1) is 0 Å². The van der Waals surface area contributed by atoms with Crippen LogP contribution in [0.1, 0.15) is 69.9 Å². The molecule has 3 nitrogen and oxygen atoms in total. The Labute approximate surface area is 189 Å². The van der Waals surface area contributed by atoms with Gasteiger partial charge in [0.05, 0.1) is 0 Å². The first-order chi connectivity index (χ1) is 15.3. The van der Waals surface area contributed by atoms with Crippen LogP contribution in [0.3, 0.4) is 0 Å². The number of ether oxygens (including phenoxy) is 2. The van der Waals surface area contributed by atoms with Crippen LogP contribution < -0.4 is 9.47 Å². The second-order valence-electron chi connectivity index (χ2n) is 8.73. The zero-order chi connectivity index (χ0) is 21.7. The lowest BCUT2D eigenvalue weighted by Gasteiger charge is -2.33. The summed E-state index contributed by atoms with van der Waals surface area (Å²) in [7, 11) is 0. The van der Waals surface area contributed by atoms with Gasteiger partial charge in [-0.05, 0) is 61.1 Å². The molecule has 31 heavy (non-hydrogen) atoms. The number of rotatable bonds is 11. The number of nitrogens with zero attached hydrogens (tertiary/aromatic N) is 1. The molecule has 1 fully saturated rings. The Morgan fingerprint density at radius 2 is 1.06 bits per heavy atom. The summed E-state index contributed by atoms with van der Waals surface area (Å²) < 4.78 is 12.2. The first kappa shape index (κ1) is 23.7. The second-order valence-corrected chi connectivity index (χ2v) is 8.73. The van der Waals surface area contributed by atoms with E-state index >= 15 is 0 Å². The van der Waals surface area contributed by atoms with Gasteiger partial charge >= 0.3 is 0 Å². The van der Waals surface area contributed by atoms with E-state index in [0.29, 0.717) is 6.04 Å². The van der Waals surface area contributed by atoms with Crippen LogP contribution in [0.2, 0.25) is 0 Å². The Kier molecular flexibility index (Phi) is 10.2. The number of hydrogen-bond acceptors (Lipinski definition) is 3. The van der Waals surface area contributed by atoms with E-state index in [2.05, 4.69) is 67.3 Å². The quantitative estimate of drug-likeness (QED) is 0.402. The van der Waals surface area contributed by atoms with Gasteiger partial charge in [-0.3, -0.25) is 4.90 Å². The van der Waals surface area contributed by atoms with Crippen LogP contribution >= 0.6 is 0 Å². The van der Waals surface area contributed by atoms with Gasteiger partial charge in [0.2, 0.25) is 0 Å². The van der Waals surface area contributed by atoms with Gasteiger partial charge in [0.15, 0.2) is 0 Å². The van der Waals surface area contributed by atoms with Crippen molar-refractivity contribution < 1.29 is 9.47 Å². The molecule has 170 valence electrons. The standard InChI is InChI=1S/C28H41NO2/c1-3-24-12-16-27(17-13-24)30-22-20-29(26-10-8-6-5-7-9-11-26)21-23-31-28-18-14-25(4-2)15-19-28/h12-19,26H,3-11,20-23H2,1-2H3. The second kappa shape index (κ2) is 13.4. The van der Waals surface area contributed by atoms with Gasteiger partial charge < -0.3 is 9.47 Å². The zero-order valence-electron chi connectivity index (χ0n) is 19.7. The maximum absolute atomic E-state index is 6.09. The molecule has 1 saturated carbocycles. The SMILES string of the molecule is CCc1ccc(OCCN(CCOc2ccc(CC)cc2)C2CCCCCCC2)cc1. The van der Waals surface area contributed by atoms with Gasteiger partial charge in [-0.25, -0.2) is 0 Å². The minimum atomic E-state index is 0.650. The Balaban J connectivity index is 1.52. The molecule has 0 unspecified atom stereocenters.